The van der Waals surface area contributed by atoms with Crippen molar-refractivity contribution in [2.45, 2.75) is 104 Å². The van der Waals surface area contributed by atoms with E-state index in [1.54, 1.807) is 20.8 Å². The average molecular weight is 581 g/mol. The summed E-state index contributed by atoms with van der Waals surface area (Å²) in [6.07, 6.45) is 3.80. The quantitative estimate of drug-likeness (QED) is 0.232. The fourth-order valence-corrected chi connectivity index (χ4v) is 4.67. The molecule has 4 amide bonds. The van der Waals surface area contributed by atoms with Crippen LogP contribution in [-0.4, -0.2) is 46.9 Å². The molecule has 0 aliphatic rings. The summed E-state index contributed by atoms with van der Waals surface area (Å²) in [6.45, 7) is 9.79. The van der Waals surface area contributed by atoms with Crippen LogP contribution in [0.15, 0.2) is 54.6 Å². The molecule has 42 heavy (non-hydrogen) atoms. The molecule has 9 nitrogen and oxygen atoms in total. The molecule has 4 N–H and O–H groups in total. The van der Waals surface area contributed by atoms with Crippen molar-refractivity contribution < 1.29 is 23.9 Å². The van der Waals surface area contributed by atoms with Crippen molar-refractivity contribution in [1.29, 1.82) is 0 Å². The largest absolute Gasteiger partial charge is 0.444 e. The van der Waals surface area contributed by atoms with Gasteiger partial charge < -0.3 is 26.0 Å². The van der Waals surface area contributed by atoms with Crippen molar-refractivity contribution in [3.8, 4) is 0 Å². The van der Waals surface area contributed by atoms with Gasteiger partial charge in [0, 0.05) is 19.5 Å². The van der Waals surface area contributed by atoms with Crippen LogP contribution in [-0.2, 0) is 25.7 Å². The maximum atomic E-state index is 14.3. The molecule has 0 fully saturated rings. The molecule has 9 heteroatoms. The van der Waals surface area contributed by atoms with E-state index in [0.717, 1.165) is 36.8 Å². The molecule has 2 unspecified atom stereocenters. The van der Waals surface area contributed by atoms with E-state index >= 15 is 0 Å². The van der Waals surface area contributed by atoms with Gasteiger partial charge in [-0.2, -0.15) is 0 Å². The number of hydrogen-bond donors (Lipinski definition) is 3. The fourth-order valence-electron chi connectivity index (χ4n) is 4.67. The Labute approximate surface area is 250 Å². The predicted octanol–water partition coefficient (Wildman–Crippen LogP) is 5.31. The summed E-state index contributed by atoms with van der Waals surface area (Å²) in [5.74, 6) is -1.40. The van der Waals surface area contributed by atoms with Gasteiger partial charge in [0.2, 0.25) is 17.7 Å². The van der Waals surface area contributed by atoms with Crippen LogP contribution in [0.1, 0.15) is 95.4 Å². The molecule has 0 spiro atoms. The first-order valence-electron chi connectivity index (χ1n) is 14.9. The van der Waals surface area contributed by atoms with Crippen LogP contribution >= 0.6 is 0 Å². The van der Waals surface area contributed by atoms with E-state index in [0.29, 0.717) is 25.1 Å². The Hall–Kier alpha value is -3.88. The zero-order chi connectivity index (χ0) is 31.1. The van der Waals surface area contributed by atoms with Crippen LogP contribution in [0.5, 0.6) is 0 Å². The summed E-state index contributed by atoms with van der Waals surface area (Å²) in [4.78, 5) is 54.3. The van der Waals surface area contributed by atoms with Crippen molar-refractivity contribution in [3.63, 3.8) is 0 Å². The SMILES string of the molecule is CCCCCCCN(C(=O)C(CCC(N)=O)NC(=O)OC(C)(C)C)C(C(=O)NCc1ccccc1)c1ccccc1C. The van der Waals surface area contributed by atoms with E-state index in [1.807, 2.05) is 61.5 Å². The lowest BCUT2D eigenvalue weighted by Gasteiger charge is -2.35. The minimum Gasteiger partial charge on any atom is -0.444 e. The number of primary amides is 1. The van der Waals surface area contributed by atoms with Gasteiger partial charge in [0.05, 0.1) is 0 Å². The number of aryl methyl sites for hydroxylation is 1. The topological polar surface area (TPSA) is 131 Å². The van der Waals surface area contributed by atoms with Crippen LogP contribution in [0.3, 0.4) is 0 Å². The molecule has 0 aliphatic carbocycles. The third kappa shape index (κ3) is 11.9. The number of unbranched alkanes of at least 4 members (excludes halogenated alkanes) is 4. The molecule has 0 radical (unpaired) electrons. The molecule has 0 aromatic heterocycles. The molecule has 0 bridgehead atoms. The van der Waals surface area contributed by atoms with Crippen molar-refractivity contribution in [3.05, 3.63) is 71.3 Å². The fraction of sp³-hybridized carbons (Fsp3) is 0.515. The Morgan fingerprint density at radius 3 is 2.19 bits per heavy atom. The van der Waals surface area contributed by atoms with Gasteiger partial charge in [-0.25, -0.2) is 4.79 Å². The Morgan fingerprint density at radius 1 is 0.929 bits per heavy atom. The van der Waals surface area contributed by atoms with Crippen molar-refractivity contribution >= 4 is 23.8 Å². The standard InChI is InChI=1S/C33H48N4O5/c1-6-7-8-9-15-22-37(31(40)27(20-21-28(34)38)36-32(41)42-33(3,4)5)29(26-19-14-13-16-24(26)2)30(39)35-23-25-17-11-10-12-18-25/h10-14,16-19,27,29H,6-9,15,20-23H2,1-5H3,(H2,34,38)(H,35,39)(H,36,41). The normalized spacial score (nSPS) is 12.6. The summed E-state index contributed by atoms with van der Waals surface area (Å²) in [6, 6.07) is 15.0. The third-order valence-corrected chi connectivity index (χ3v) is 6.81. The number of alkyl carbamates (subject to hydrolysis) is 1. The molecular weight excluding hydrogens is 532 g/mol. The lowest BCUT2D eigenvalue weighted by atomic mass is 9.97. The number of benzene rings is 2. The summed E-state index contributed by atoms with van der Waals surface area (Å²) in [5.41, 5.74) is 7.10. The highest BCUT2D eigenvalue weighted by molar-refractivity contribution is 5.92. The summed E-state index contributed by atoms with van der Waals surface area (Å²) in [7, 11) is 0. The van der Waals surface area contributed by atoms with Crippen molar-refractivity contribution in [2.24, 2.45) is 5.73 Å². The Balaban J connectivity index is 2.49. The second-order valence-electron chi connectivity index (χ2n) is 11.6. The Kier molecular flexibility index (Phi) is 14.0. The minimum atomic E-state index is -1.11. The molecule has 0 heterocycles. The third-order valence-electron chi connectivity index (χ3n) is 6.81. The van der Waals surface area contributed by atoms with E-state index in [2.05, 4.69) is 17.6 Å². The number of hydrogen-bond acceptors (Lipinski definition) is 5. The van der Waals surface area contributed by atoms with Crippen molar-refractivity contribution in [2.75, 3.05) is 6.54 Å². The lowest BCUT2D eigenvalue weighted by molar-refractivity contribution is -0.143. The predicted molar refractivity (Wildman–Crippen MR) is 164 cm³/mol. The number of ether oxygens (including phenoxy) is 1. The monoisotopic (exact) mass is 580 g/mol. The zero-order valence-corrected chi connectivity index (χ0v) is 25.8. The van der Waals surface area contributed by atoms with E-state index < -0.39 is 35.6 Å². The molecule has 0 aliphatic heterocycles. The lowest BCUT2D eigenvalue weighted by Crippen LogP contribution is -2.53. The minimum absolute atomic E-state index is 0.0220. The van der Waals surface area contributed by atoms with Gasteiger partial charge in [0.15, 0.2) is 0 Å². The van der Waals surface area contributed by atoms with Gasteiger partial charge in [-0.05, 0) is 57.2 Å². The molecule has 230 valence electrons. The Morgan fingerprint density at radius 2 is 1.57 bits per heavy atom. The zero-order valence-electron chi connectivity index (χ0n) is 25.8. The van der Waals surface area contributed by atoms with E-state index in [9.17, 15) is 19.2 Å². The summed E-state index contributed by atoms with van der Waals surface area (Å²) < 4.78 is 5.41. The van der Waals surface area contributed by atoms with Gasteiger partial charge in [0.1, 0.15) is 17.7 Å². The summed E-state index contributed by atoms with van der Waals surface area (Å²) >= 11 is 0. The number of carbonyl (C=O) groups is 4. The van der Waals surface area contributed by atoms with Gasteiger partial charge in [-0.15, -0.1) is 0 Å². The molecule has 2 aromatic rings. The van der Waals surface area contributed by atoms with Crippen LogP contribution in [0.25, 0.3) is 0 Å². The van der Waals surface area contributed by atoms with Gasteiger partial charge >= 0.3 is 6.09 Å². The average Bonchev–Trinajstić information content (AvgIpc) is 2.93. The second kappa shape index (κ2) is 17.2. The highest BCUT2D eigenvalue weighted by Crippen LogP contribution is 2.27. The maximum Gasteiger partial charge on any atom is 0.408 e. The van der Waals surface area contributed by atoms with Gasteiger partial charge in [0.25, 0.3) is 0 Å². The molecule has 2 atom stereocenters. The number of nitrogens with two attached hydrogens (primary N) is 1. The van der Waals surface area contributed by atoms with Crippen LogP contribution in [0, 0.1) is 6.92 Å². The highest BCUT2D eigenvalue weighted by Gasteiger charge is 2.36. The summed E-state index contributed by atoms with van der Waals surface area (Å²) in [5, 5.41) is 5.66. The number of amides is 4. The molecule has 0 saturated heterocycles. The Bertz CT molecular complexity index is 1160. The van der Waals surface area contributed by atoms with Crippen molar-refractivity contribution in [1.82, 2.24) is 15.5 Å². The first-order chi connectivity index (χ1) is 19.9. The number of nitrogens with zero attached hydrogens (tertiary/aromatic N) is 1. The maximum absolute atomic E-state index is 14.3. The van der Waals surface area contributed by atoms with E-state index in [1.165, 1.54) is 4.90 Å². The first kappa shape index (κ1) is 34.3. The van der Waals surface area contributed by atoms with E-state index in [-0.39, 0.29) is 18.7 Å². The first-order valence-corrected chi connectivity index (χ1v) is 14.9. The number of rotatable bonds is 16. The van der Waals surface area contributed by atoms with Crippen LogP contribution < -0.4 is 16.4 Å². The number of carbonyl (C=O) groups excluding carboxylic acids is 4. The van der Waals surface area contributed by atoms with E-state index in [4.69, 9.17) is 10.5 Å². The van der Waals surface area contributed by atoms with Crippen LogP contribution in [0.2, 0.25) is 0 Å². The molecular formula is C33H48N4O5. The molecule has 2 aromatic carbocycles. The highest BCUT2D eigenvalue weighted by atomic mass is 16.6. The molecule has 0 saturated carbocycles. The van der Waals surface area contributed by atoms with Gasteiger partial charge in [-0.3, -0.25) is 14.4 Å². The van der Waals surface area contributed by atoms with Gasteiger partial charge in [-0.1, -0.05) is 87.2 Å². The smallest absolute Gasteiger partial charge is 0.408 e. The van der Waals surface area contributed by atoms with Crippen LogP contribution in [0.4, 0.5) is 4.79 Å². The number of nitrogens with one attached hydrogen (secondary N) is 2. The molecule has 2 rings (SSSR count). The second-order valence-corrected chi connectivity index (χ2v) is 11.6.